The molecular weight excluding hydrogens is 326 g/mol. The average Bonchev–Trinajstić information content (AvgIpc) is 3.33. The van der Waals surface area contributed by atoms with Crippen LogP contribution in [0.2, 0.25) is 0 Å². The summed E-state index contributed by atoms with van der Waals surface area (Å²) in [5.74, 6) is 2.19. The maximum Gasteiger partial charge on any atom is 0.257 e. The van der Waals surface area contributed by atoms with Crippen LogP contribution in [0, 0.1) is 0 Å². The Bertz CT molecular complexity index is 757. The van der Waals surface area contributed by atoms with Gasteiger partial charge in [0, 0.05) is 24.6 Å². The highest BCUT2D eigenvalue weighted by Crippen LogP contribution is 2.19. The van der Waals surface area contributed by atoms with Crippen molar-refractivity contribution in [2.24, 2.45) is 4.99 Å². The van der Waals surface area contributed by atoms with E-state index in [2.05, 4.69) is 58.9 Å². The van der Waals surface area contributed by atoms with Crippen molar-refractivity contribution in [2.75, 3.05) is 6.54 Å². The third-order valence-electron chi connectivity index (χ3n) is 4.23. The fourth-order valence-electron chi connectivity index (χ4n) is 2.92. The monoisotopic (exact) mass is 353 g/mol. The lowest BCUT2D eigenvalue weighted by Crippen LogP contribution is -2.42. The molecule has 2 N–H and O–H groups in total. The molecule has 0 aliphatic heterocycles. The van der Waals surface area contributed by atoms with Crippen LogP contribution in [0.25, 0.3) is 11.5 Å². The van der Waals surface area contributed by atoms with Crippen LogP contribution in [0.15, 0.2) is 45.9 Å². The maximum absolute atomic E-state index is 5.38. The SMILES string of the molecule is CCCc1noc(-c2cccc(CN=C(NCC)NC3CC=CC3)c2)n1. The number of nitrogens with one attached hydrogen (secondary N) is 2. The second-order valence-electron chi connectivity index (χ2n) is 6.45. The van der Waals surface area contributed by atoms with Gasteiger partial charge in [0.2, 0.25) is 0 Å². The summed E-state index contributed by atoms with van der Waals surface area (Å²) < 4.78 is 5.38. The van der Waals surface area contributed by atoms with Crippen molar-refractivity contribution in [2.45, 2.75) is 52.1 Å². The van der Waals surface area contributed by atoms with Gasteiger partial charge in [-0.25, -0.2) is 4.99 Å². The quantitative estimate of drug-likeness (QED) is 0.453. The minimum absolute atomic E-state index is 0.439. The summed E-state index contributed by atoms with van der Waals surface area (Å²) in [6, 6.07) is 8.56. The molecule has 1 aromatic carbocycles. The molecule has 0 unspecified atom stereocenters. The molecule has 1 heterocycles. The molecule has 0 amide bonds. The van der Waals surface area contributed by atoms with Gasteiger partial charge in [-0.3, -0.25) is 0 Å². The zero-order valence-corrected chi connectivity index (χ0v) is 15.5. The molecule has 0 radical (unpaired) electrons. The van der Waals surface area contributed by atoms with Gasteiger partial charge >= 0.3 is 0 Å². The first-order chi connectivity index (χ1) is 12.8. The highest BCUT2D eigenvalue weighted by molar-refractivity contribution is 5.80. The lowest BCUT2D eigenvalue weighted by molar-refractivity contribution is 0.422. The summed E-state index contributed by atoms with van der Waals surface area (Å²) in [5.41, 5.74) is 2.05. The first kappa shape index (κ1) is 18.2. The van der Waals surface area contributed by atoms with Crippen LogP contribution in [0.3, 0.4) is 0 Å². The van der Waals surface area contributed by atoms with Gasteiger partial charge in [-0.05, 0) is 43.9 Å². The van der Waals surface area contributed by atoms with Gasteiger partial charge in [-0.15, -0.1) is 0 Å². The van der Waals surface area contributed by atoms with E-state index in [0.29, 0.717) is 18.5 Å². The van der Waals surface area contributed by atoms with Crippen LogP contribution < -0.4 is 10.6 Å². The molecule has 26 heavy (non-hydrogen) atoms. The maximum atomic E-state index is 5.38. The van der Waals surface area contributed by atoms with Gasteiger partial charge in [-0.1, -0.05) is 36.4 Å². The number of guanidine groups is 1. The fourth-order valence-corrected chi connectivity index (χ4v) is 2.92. The van der Waals surface area contributed by atoms with Crippen molar-refractivity contribution in [3.63, 3.8) is 0 Å². The summed E-state index contributed by atoms with van der Waals surface area (Å²) in [6.07, 6.45) is 8.36. The summed E-state index contributed by atoms with van der Waals surface area (Å²) in [4.78, 5) is 9.18. The third-order valence-corrected chi connectivity index (χ3v) is 4.23. The second-order valence-corrected chi connectivity index (χ2v) is 6.45. The van der Waals surface area contributed by atoms with Crippen molar-refractivity contribution in [1.82, 2.24) is 20.8 Å². The number of nitrogens with zero attached hydrogens (tertiary/aromatic N) is 3. The Kier molecular flexibility index (Phi) is 6.41. The smallest absolute Gasteiger partial charge is 0.257 e. The highest BCUT2D eigenvalue weighted by Gasteiger charge is 2.12. The number of benzene rings is 1. The first-order valence-corrected chi connectivity index (χ1v) is 9.40. The lowest BCUT2D eigenvalue weighted by atomic mass is 10.1. The Morgan fingerprint density at radius 1 is 1.27 bits per heavy atom. The predicted octanol–water partition coefficient (Wildman–Crippen LogP) is 3.46. The van der Waals surface area contributed by atoms with Crippen molar-refractivity contribution in [3.8, 4) is 11.5 Å². The van der Waals surface area contributed by atoms with Gasteiger partial charge in [0.15, 0.2) is 11.8 Å². The molecule has 0 saturated heterocycles. The molecule has 0 fully saturated rings. The number of aliphatic imine (C=N–C) groups is 1. The van der Waals surface area contributed by atoms with Gasteiger partial charge < -0.3 is 15.2 Å². The fraction of sp³-hybridized carbons (Fsp3) is 0.450. The molecule has 1 aliphatic rings. The zero-order valence-electron chi connectivity index (χ0n) is 15.5. The van der Waals surface area contributed by atoms with E-state index in [4.69, 9.17) is 9.52 Å². The standard InChI is InChI=1S/C20H27N5O/c1-3-8-18-24-19(26-25-18)16-10-7-9-15(13-16)14-22-20(21-4-2)23-17-11-5-6-12-17/h5-7,9-10,13,17H,3-4,8,11-12,14H2,1-2H3,(H2,21,22,23). The Labute approximate surface area is 154 Å². The largest absolute Gasteiger partial charge is 0.357 e. The van der Waals surface area contributed by atoms with E-state index in [0.717, 1.165) is 55.1 Å². The van der Waals surface area contributed by atoms with Crippen molar-refractivity contribution < 1.29 is 4.52 Å². The van der Waals surface area contributed by atoms with E-state index < -0.39 is 0 Å². The van der Waals surface area contributed by atoms with Crippen LogP contribution in [-0.2, 0) is 13.0 Å². The van der Waals surface area contributed by atoms with E-state index in [-0.39, 0.29) is 0 Å². The van der Waals surface area contributed by atoms with Gasteiger partial charge in [0.1, 0.15) is 0 Å². The summed E-state index contributed by atoms with van der Waals surface area (Å²) in [7, 11) is 0. The van der Waals surface area contributed by atoms with E-state index in [1.165, 1.54) is 0 Å². The molecule has 2 aromatic rings. The Morgan fingerprint density at radius 3 is 2.88 bits per heavy atom. The number of hydrogen-bond acceptors (Lipinski definition) is 4. The molecular formula is C20H27N5O. The molecule has 1 aromatic heterocycles. The second kappa shape index (κ2) is 9.17. The van der Waals surface area contributed by atoms with Gasteiger partial charge in [-0.2, -0.15) is 4.98 Å². The van der Waals surface area contributed by atoms with Crippen molar-refractivity contribution in [3.05, 3.63) is 47.8 Å². The average molecular weight is 353 g/mol. The van der Waals surface area contributed by atoms with Crippen LogP contribution in [-0.4, -0.2) is 28.7 Å². The van der Waals surface area contributed by atoms with E-state index in [1.54, 1.807) is 0 Å². The minimum atomic E-state index is 0.439. The number of hydrogen-bond donors (Lipinski definition) is 2. The van der Waals surface area contributed by atoms with E-state index in [1.807, 2.05) is 12.1 Å². The molecule has 0 saturated carbocycles. The van der Waals surface area contributed by atoms with E-state index in [9.17, 15) is 0 Å². The Morgan fingerprint density at radius 2 is 2.12 bits per heavy atom. The molecule has 0 atom stereocenters. The third kappa shape index (κ3) is 4.94. The van der Waals surface area contributed by atoms with Crippen LogP contribution in [0.1, 0.15) is 44.5 Å². The first-order valence-electron chi connectivity index (χ1n) is 9.40. The van der Waals surface area contributed by atoms with Crippen LogP contribution in [0.4, 0.5) is 0 Å². The molecule has 3 rings (SSSR count). The lowest BCUT2D eigenvalue weighted by Gasteiger charge is -2.16. The number of rotatable bonds is 7. The van der Waals surface area contributed by atoms with Crippen LogP contribution >= 0.6 is 0 Å². The van der Waals surface area contributed by atoms with Gasteiger partial charge in [0.25, 0.3) is 5.89 Å². The molecule has 6 heteroatoms. The van der Waals surface area contributed by atoms with Crippen molar-refractivity contribution in [1.29, 1.82) is 0 Å². The zero-order chi connectivity index (χ0) is 18.2. The molecule has 1 aliphatic carbocycles. The van der Waals surface area contributed by atoms with Crippen molar-refractivity contribution >= 4 is 5.96 Å². The van der Waals surface area contributed by atoms with Crippen LogP contribution in [0.5, 0.6) is 0 Å². The number of aromatic nitrogens is 2. The summed E-state index contributed by atoms with van der Waals surface area (Å²) >= 11 is 0. The predicted molar refractivity (Wildman–Crippen MR) is 104 cm³/mol. The topological polar surface area (TPSA) is 75.3 Å². The number of aryl methyl sites for hydroxylation is 1. The normalized spacial score (nSPS) is 14.8. The molecule has 0 spiro atoms. The van der Waals surface area contributed by atoms with E-state index >= 15 is 0 Å². The summed E-state index contributed by atoms with van der Waals surface area (Å²) in [6.45, 7) is 5.62. The van der Waals surface area contributed by atoms with Gasteiger partial charge in [0.05, 0.1) is 6.54 Å². The highest BCUT2D eigenvalue weighted by atomic mass is 16.5. The Hall–Kier alpha value is -2.63. The summed E-state index contributed by atoms with van der Waals surface area (Å²) in [5, 5.41) is 10.8. The molecule has 6 nitrogen and oxygen atoms in total. The molecule has 138 valence electrons. The molecule has 0 bridgehead atoms. The minimum Gasteiger partial charge on any atom is -0.357 e. The Balaban J connectivity index is 1.67.